The second-order valence-corrected chi connectivity index (χ2v) is 9.22. The maximum atomic E-state index is 12.7. The number of carbonyl (C=O) groups is 2. The largest absolute Gasteiger partial charge is 0.495 e. The number of ether oxygens (including phenoxy) is 1. The van der Waals surface area contributed by atoms with E-state index in [1.165, 1.54) is 41.0 Å². The van der Waals surface area contributed by atoms with Crippen molar-refractivity contribution in [2.24, 2.45) is 0 Å². The number of nitrogens with one attached hydrogen (secondary N) is 2. The number of methoxy groups -OCH3 is 1. The Morgan fingerprint density at radius 2 is 1.90 bits per heavy atom. The highest BCUT2D eigenvalue weighted by Crippen LogP contribution is 2.29. The Hall–Kier alpha value is -2.43. The highest BCUT2D eigenvalue weighted by Gasteiger charge is 2.23. The van der Waals surface area contributed by atoms with E-state index in [1.54, 1.807) is 26.0 Å². The number of hydrogen-bond donors (Lipinski definition) is 2. The van der Waals surface area contributed by atoms with E-state index in [-0.39, 0.29) is 23.1 Å². The van der Waals surface area contributed by atoms with E-state index < -0.39 is 10.0 Å². The summed E-state index contributed by atoms with van der Waals surface area (Å²) in [6.07, 6.45) is 0.615. The quantitative estimate of drug-likeness (QED) is 0.509. The molecular weight excluding hydrogens is 426 g/mol. The van der Waals surface area contributed by atoms with E-state index in [4.69, 9.17) is 4.74 Å². The summed E-state index contributed by atoms with van der Waals surface area (Å²) in [7, 11) is -2.21. The molecular formula is C20H27N3O5S2. The summed E-state index contributed by atoms with van der Waals surface area (Å²) < 4.78 is 32.1. The number of hydrogen-bond acceptors (Lipinski definition) is 6. The van der Waals surface area contributed by atoms with Crippen LogP contribution in [0.4, 0.5) is 5.69 Å². The van der Waals surface area contributed by atoms with Gasteiger partial charge in [0, 0.05) is 26.1 Å². The zero-order chi connectivity index (χ0) is 22.1. The number of anilines is 1. The molecule has 0 aliphatic carbocycles. The molecule has 0 bridgehead atoms. The van der Waals surface area contributed by atoms with Crippen molar-refractivity contribution < 1.29 is 22.7 Å². The van der Waals surface area contributed by atoms with Crippen molar-refractivity contribution >= 4 is 38.9 Å². The normalized spacial score (nSPS) is 11.3. The lowest BCUT2D eigenvalue weighted by Gasteiger charge is -2.19. The molecule has 10 heteroatoms. The standard InChI is InChI=1S/C20H27N3O5S2/c1-4-23(5-2)30(26,27)15-10-11-17(28-3)16(14-15)22-19(24)9-6-12-21-20(25)18-8-7-13-29-18/h7-8,10-11,13-14H,4-6,9,12H2,1-3H3,(H,21,25)(H,22,24). The third-order valence-corrected chi connectivity index (χ3v) is 7.31. The second kappa shape index (κ2) is 11.1. The molecule has 0 spiro atoms. The predicted molar refractivity (Wildman–Crippen MR) is 118 cm³/mol. The van der Waals surface area contributed by atoms with E-state index >= 15 is 0 Å². The number of thiophene rings is 1. The molecule has 0 fully saturated rings. The molecule has 1 aromatic carbocycles. The van der Waals surface area contributed by atoms with Crippen LogP contribution in [0, 0.1) is 0 Å². The van der Waals surface area contributed by atoms with Crippen molar-refractivity contribution in [3.8, 4) is 5.75 Å². The average Bonchev–Trinajstić information content (AvgIpc) is 3.26. The zero-order valence-electron chi connectivity index (χ0n) is 17.3. The Balaban J connectivity index is 1.99. The van der Waals surface area contributed by atoms with Gasteiger partial charge in [-0.05, 0) is 36.1 Å². The molecule has 1 heterocycles. The lowest BCUT2D eigenvalue weighted by Crippen LogP contribution is -2.30. The first-order valence-electron chi connectivity index (χ1n) is 9.63. The van der Waals surface area contributed by atoms with Gasteiger partial charge in [0.2, 0.25) is 15.9 Å². The zero-order valence-corrected chi connectivity index (χ0v) is 18.9. The van der Waals surface area contributed by atoms with Crippen LogP contribution in [-0.2, 0) is 14.8 Å². The van der Waals surface area contributed by atoms with Crippen molar-refractivity contribution in [2.45, 2.75) is 31.6 Å². The minimum atomic E-state index is -3.66. The van der Waals surface area contributed by atoms with E-state index in [0.717, 1.165) is 0 Å². The third kappa shape index (κ3) is 6.04. The molecule has 0 aliphatic rings. The molecule has 0 saturated carbocycles. The Labute approximate surface area is 181 Å². The van der Waals surface area contributed by atoms with Crippen molar-refractivity contribution in [1.82, 2.24) is 9.62 Å². The summed E-state index contributed by atoms with van der Waals surface area (Å²) in [5.41, 5.74) is 0.290. The Bertz CT molecular complexity index is 955. The maximum absolute atomic E-state index is 12.7. The van der Waals surface area contributed by atoms with Crippen LogP contribution in [0.2, 0.25) is 0 Å². The van der Waals surface area contributed by atoms with Crippen LogP contribution in [0.3, 0.4) is 0 Å². The Morgan fingerprint density at radius 1 is 1.17 bits per heavy atom. The molecule has 1 aromatic heterocycles. The first-order chi connectivity index (χ1) is 14.3. The minimum absolute atomic E-state index is 0.0884. The molecule has 0 unspecified atom stereocenters. The van der Waals surface area contributed by atoms with Crippen molar-refractivity contribution in [2.75, 3.05) is 32.1 Å². The fourth-order valence-corrected chi connectivity index (χ4v) is 4.94. The van der Waals surface area contributed by atoms with Crippen LogP contribution in [0.15, 0.2) is 40.6 Å². The van der Waals surface area contributed by atoms with Gasteiger partial charge in [0.15, 0.2) is 0 Å². The first-order valence-corrected chi connectivity index (χ1v) is 11.9. The number of rotatable bonds is 11. The van der Waals surface area contributed by atoms with Gasteiger partial charge < -0.3 is 15.4 Å². The SMILES string of the molecule is CCN(CC)S(=O)(=O)c1ccc(OC)c(NC(=O)CCCNC(=O)c2cccs2)c1. The maximum Gasteiger partial charge on any atom is 0.261 e. The van der Waals surface area contributed by atoms with Crippen molar-refractivity contribution in [3.63, 3.8) is 0 Å². The van der Waals surface area contributed by atoms with E-state index in [0.29, 0.717) is 42.4 Å². The predicted octanol–water partition coefficient (Wildman–Crippen LogP) is 2.94. The third-order valence-electron chi connectivity index (χ3n) is 4.40. The molecule has 8 nitrogen and oxygen atoms in total. The van der Waals surface area contributed by atoms with E-state index in [9.17, 15) is 18.0 Å². The van der Waals surface area contributed by atoms with Gasteiger partial charge >= 0.3 is 0 Å². The van der Waals surface area contributed by atoms with Crippen LogP contribution in [0.5, 0.6) is 5.75 Å². The van der Waals surface area contributed by atoms with Crippen LogP contribution in [0.25, 0.3) is 0 Å². The van der Waals surface area contributed by atoms with Crippen LogP contribution >= 0.6 is 11.3 Å². The molecule has 0 saturated heterocycles. The van der Waals surface area contributed by atoms with Gasteiger partial charge in [-0.3, -0.25) is 9.59 Å². The lowest BCUT2D eigenvalue weighted by atomic mass is 10.2. The van der Waals surface area contributed by atoms with Crippen LogP contribution < -0.4 is 15.4 Å². The molecule has 2 amide bonds. The van der Waals surface area contributed by atoms with Crippen LogP contribution in [0.1, 0.15) is 36.4 Å². The highest BCUT2D eigenvalue weighted by molar-refractivity contribution is 7.89. The van der Waals surface area contributed by atoms with Gasteiger partial charge in [0.05, 0.1) is 22.6 Å². The van der Waals surface area contributed by atoms with E-state index in [2.05, 4.69) is 10.6 Å². The van der Waals surface area contributed by atoms with Gasteiger partial charge in [-0.15, -0.1) is 11.3 Å². The van der Waals surface area contributed by atoms with Crippen molar-refractivity contribution in [3.05, 3.63) is 40.6 Å². The molecule has 2 rings (SSSR count). The number of sulfonamides is 1. The molecule has 0 atom stereocenters. The smallest absolute Gasteiger partial charge is 0.261 e. The molecule has 0 aliphatic heterocycles. The molecule has 30 heavy (non-hydrogen) atoms. The van der Waals surface area contributed by atoms with Crippen LogP contribution in [-0.4, -0.2) is 51.3 Å². The summed E-state index contributed by atoms with van der Waals surface area (Å²) in [5, 5.41) is 7.29. The Kier molecular flexibility index (Phi) is 8.82. The summed E-state index contributed by atoms with van der Waals surface area (Å²) >= 11 is 1.35. The average molecular weight is 454 g/mol. The number of benzene rings is 1. The Morgan fingerprint density at radius 3 is 2.50 bits per heavy atom. The lowest BCUT2D eigenvalue weighted by molar-refractivity contribution is -0.116. The first kappa shape index (κ1) is 23.8. The van der Waals surface area contributed by atoms with Gasteiger partial charge in [0.1, 0.15) is 5.75 Å². The van der Waals surface area contributed by atoms with Gasteiger partial charge in [0.25, 0.3) is 5.91 Å². The molecule has 2 N–H and O–H groups in total. The highest BCUT2D eigenvalue weighted by atomic mass is 32.2. The number of nitrogens with zero attached hydrogens (tertiary/aromatic N) is 1. The minimum Gasteiger partial charge on any atom is -0.495 e. The van der Waals surface area contributed by atoms with Gasteiger partial charge in [-0.1, -0.05) is 19.9 Å². The number of amides is 2. The summed E-state index contributed by atoms with van der Waals surface area (Å²) in [5.74, 6) is -0.0923. The molecule has 2 aromatic rings. The molecule has 164 valence electrons. The van der Waals surface area contributed by atoms with E-state index in [1.807, 2.05) is 5.38 Å². The number of carbonyl (C=O) groups excluding carboxylic acids is 2. The summed E-state index contributed by atoms with van der Waals surface area (Å²) in [6, 6.07) is 7.92. The fraction of sp³-hybridized carbons (Fsp3) is 0.400. The van der Waals surface area contributed by atoms with Crippen molar-refractivity contribution in [1.29, 1.82) is 0 Å². The van der Waals surface area contributed by atoms with Gasteiger partial charge in [-0.2, -0.15) is 4.31 Å². The second-order valence-electron chi connectivity index (χ2n) is 6.34. The fourth-order valence-electron chi connectivity index (χ4n) is 2.82. The van der Waals surface area contributed by atoms with Gasteiger partial charge in [-0.25, -0.2) is 8.42 Å². The topological polar surface area (TPSA) is 105 Å². The summed E-state index contributed by atoms with van der Waals surface area (Å²) in [6.45, 7) is 4.60. The molecule has 0 radical (unpaired) electrons. The monoisotopic (exact) mass is 453 g/mol. The summed E-state index contributed by atoms with van der Waals surface area (Å²) in [4.78, 5) is 24.9.